The van der Waals surface area contributed by atoms with E-state index in [4.69, 9.17) is 0 Å². The van der Waals surface area contributed by atoms with Crippen molar-refractivity contribution in [2.75, 3.05) is 11.9 Å². The summed E-state index contributed by atoms with van der Waals surface area (Å²) in [7, 11) is 0. The zero-order valence-corrected chi connectivity index (χ0v) is 18.8. The van der Waals surface area contributed by atoms with Crippen LogP contribution in [0.4, 0.5) is 24.8 Å². The number of rotatable bonds is 6. The lowest BCUT2D eigenvalue weighted by Gasteiger charge is -2.41. The predicted molar refractivity (Wildman–Crippen MR) is 120 cm³/mol. The topological polar surface area (TPSA) is 96.6 Å². The summed E-state index contributed by atoms with van der Waals surface area (Å²) in [6.45, 7) is 4.23. The smallest absolute Gasteiger partial charge is 0.478 e. The number of benzene rings is 2. The Balaban J connectivity index is 1.74. The molecular formula is C24H26F3N3O4. The van der Waals surface area contributed by atoms with Gasteiger partial charge in [-0.2, -0.15) is 0 Å². The van der Waals surface area contributed by atoms with Crippen molar-refractivity contribution in [3.05, 3.63) is 48.0 Å². The Labute approximate surface area is 194 Å². The summed E-state index contributed by atoms with van der Waals surface area (Å²) in [6.07, 6.45) is -2.34. The van der Waals surface area contributed by atoms with Crippen LogP contribution in [-0.2, 0) is 0 Å². The summed E-state index contributed by atoms with van der Waals surface area (Å²) in [5, 5.41) is 22.5. The van der Waals surface area contributed by atoms with E-state index in [-0.39, 0.29) is 29.4 Å². The van der Waals surface area contributed by atoms with Gasteiger partial charge in [0, 0.05) is 18.3 Å². The molecule has 3 unspecified atom stereocenters. The van der Waals surface area contributed by atoms with Gasteiger partial charge in [-0.05, 0) is 73.1 Å². The van der Waals surface area contributed by atoms with Crippen molar-refractivity contribution >= 4 is 28.6 Å². The molecule has 1 aliphatic rings. The fourth-order valence-electron chi connectivity index (χ4n) is 5.01. The number of nitrogens with zero attached hydrogens (tertiary/aromatic N) is 2. The molecule has 3 N–H and O–H groups in total. The van der Waals surface area contributed by atoms with Crippen molar-refractivity contribution in [2.24, 2.45) is 11.3 Å². The van der Waals surface area contributed by atoms with Gasteiger partial charge in [0.2, 0.25) is 5.95 Å². The van der Waals surface area contributed by atoms with Gasteiger partial charge in [-0.3, -0.25) is 0 Å². The van der Waals surface area contributed by atoms with E-state index in [0.717, 1.165) is 18.4 Å². The molecule has 0 bridgehead atoms. The van der Waals surface area contributed by atoms with Crippen molar-refractivity contribution in [1.82, 2.24) is 9.55 Å². The van der Waals surface area contributed by atoms with Gasteiger partial charge in [-0.15, -0.1) is 13.2 Å². The monoisotopic (exact) mass is 477 g/mol. The van der Waals surface area contributed by atoms with E-state index in [1.165, 1.54) is 36.4 Å². The molecule has 3 atom stereocenters. The van der Waals surface area contributed by atoms with Crippen LogP contribution < -0.4 is 10.1 Å². The molecule has 7 nitrogen and oxygen atoms in total. The number of carboxylic acids is 1. The number of halogens is 3. The van der Waals surface area contributed by atoms with Crippen LogP contribution in [-0.4, -0.2) is 38.7 Å². The van der Waals surface area contributed by atoms with Crippen LogP contribution in [0, 0.1) is 11.3 Å². The SMILES string of the molecule is CC1CC(n2c(Nc3ccc(OC(F)(F)F)cc3)nc3cc(C(=O)O)ccc32)CC(C)(CO)C1. The largest absolute Gasteiger partial charge is 0.573 e. The third-order valence-corrected chi connectivity index (χ3v) is 6.27. The summed E-state index contributed by atoms with van der Waals surface area (Å²) < 4.78 is 43.3. The molecule has 1 saturated carbocycles. The van der Waals surface area contributed by atoms with Crippen LogP contribution in [0.25, 0.3) is 11.0 Å². The van der Waals surface area contributed by atoms with Crippen molar-refractivity contribution in [3.8, 4) is 5.75 Å². The summed E-state index contributed by atoms with van der Waals surface area (Å²) in [4.78, 5) is 16.1. The van der Waals surface area contributed by atoms with Crippen molar-refractivity contribution in [3.63, 3.8) is 0 Å². The first-order valence-electron chi connectivity index (χ1n) is 11.0. The second-order valence-corrected chi connectivity index (χ2v) is 9.38. The van der Waals surface area contributed by atoms with Crippen molar-refractivity contribution in [2.45, 2.75) is 45.5 Å². The number of hydrogen-bond acceptors (Lipinski definition) is 5. The molecule has 0 aliphatic heterocycles. The average molecular weight is 477 g/mol. The fraction of sp³-hybridized carbons (Fsp3) is 0.417. The number of carboxylic acid groups (broad SMARTS) is 1. The number of aromatic carboxylic acids is 1. The molecule has 0 radical (unpaired) electrons. The number of alkyl halides is 3. The molecule has 2 aromatic carbocycles. The highest BCUT2D eigenvalue weighted by Gasteiger charge is 2.37. The van der Waals surface area contributed by atoms with Crippen LogP contribution in [0.1, 0.15) is 49.5 Å². The van der Waals surface area contributed by atoms with Gasteiger partial charge >= 0.3 is 12.3 Å². The number of aromatic nitrogens is 2. The highest BCUT2D eigenvalue weighted by Crippen LogP contribution is 2.46. The number of imidazole rings is 1. The average Bonchev–Trinajstić information content (AvgIpc) is 3.10. The molecule has 1 fully saturated rings. The van der Waals surface area contributed by atoms with E-state index < -0.39 is 12.3 Å². The minimum Gasteiger partial charge on any atom is -0.478 e. The molecule has 3 aromatic rings. The molecule has 182 valence electrons. The molecule has 0 amide bonds. The maximum Gasteiger partial charge on any atom is 0.573 e. The summed E-state index contributed by atoms with van der Waals surface area (Å²) in [6, 6.07) is 10.0. The Morgan fingerprint density at radius 3 is 2.56 bits per heavy atom. The van der Waals surface area contributed by atoms with Gasteiger partial charge in [0.1, 0.15) is 5.75 Å². The van der Waals surface area contributed by atoms with Crippen LogP contribution >= 0.6 is 0 Å². The van der Waals surface area contributed by atoms with Crippen molar-refractivity contribution < 1.29 is 32.9 Å². The lowest BCUT2D eigenvalue weighted by atomic mass is 9.69. The van der Waals surface area contributed by atoms with E-state index in [2.05, 4.69) is 22.0 Å². The Bertz CT molecular complexity index is 1190. The maximum atomic E-state index is 12.5. The second kappa shape index (κ2) is 8.83. The van der Waals surface area contributed by atoms with E-state index in [9.17, 15) is 28.2 Å². The number of aliphatic hydroxyl groups excluding tert-OH is 1. The minimum absolute atomic E-state index is 0.0167. The molecule has 0 saturated heterocycles. The van der Waals surface area contributed by atoms with Gasteiger partial charge in [0.15, 0.2) is 0 Å². The molecule has 10 heteroatoms. The molecule has 1 aromatic heterocycles. The van der Waals surface area contributed by atoms with E-state index >= 15 is 0 Å². The molecular weight excluding hydrogens is 451 g/mol. The van der Waals surface area contributed by atoms with Gasteiger partial charge in [0.05, 0.1) is 16.6 Å². The molecule has 1 aliphatic carbocycles. The highest BCUT2D eigenvalue weighted by atomic mass is 19.4. The Morgan fingerprint density at radius 1 is 1.24 bits per heavy atom. The van der Waals surface area contributed by atoms with Crippen molar-refractivity contribution in [1.29, 1.82) is 0 Å². The second-order valence-electron chi connectivity index (χ2n) is 9.38. The van der Waals surface area contributed by atoms with Gasteiger partial charge in [-0.25, -0.2) is 9.78 Å². The number of ether oxygens (including phenoxy) is 1. The Kier molecular flexibility index (Phi) is 6.20. The number of fused-ring (bicyclic) bond motifs is 1. The first-order valence-corrected chi connectivity index (χ1v) is 11.0. The fourth-order valence-corrected chi connectivity index (χ4v) is 5.01. The van der Waals surface area contributed by atoms with Crippen LogP contribution in [0.2, 0.25) is 0 Å². The lowest BCUT2D eigenvalue weighted by Crippen LogP contribution is -2.34. The van der Waals surface area contributed by atoms with Gasteiger partial charge in [0.25, 0.3) is 0 Å². The Hall–Kier alpha value is -3.27. The standard InChI is InChI=1S/C24H26F3N3O4/c1-14-9-17(12-23(2,11-14)13-31)30-20-8-3-15(21(32)33)10-19(20)29-22(30)28-16-4-6-18(7-5-16)34-24(25,26)27/h3-8,10,14,17,31H,9,11-13H2,1-2H3,(H,28,29)(H,32,33). The number of carbonyl (C=O) groups is 1. The van der Waals surface area contributed by atoms with E-state index in [1.807, 2.05) is 11.5 Å². The number of anilines is 2. The third-order valence-electron chi connectivity index (χ3n) is 6.27. The number of nitrogens with one attached hydrogen (secondary N) is 1. The number of hydrogen-bond donors (Lipinski definition) is 3. The maximum absolute atomic E-state index is 12.5. The summed E-state index contributed by atoms with van der Waals surface area (Å²) >= 11 is 0. The van der Waals surface area contributed by atoms with Crippen LogP contribution in [0.5, 0.6) is 5.75 Å². The Morgan fingerprint density at radius 2 is 1.94 bits per heavy atom. The molecule has 0 spiro atoms. The predicted octanol–water partition coefficient (Wildman–Crippen LogP) is 5.74. The van der Waals surface area contributed by atoms with E-state index in [1.54, 1.807) is 6.07 Å². The molecule has 4 rings (SSSR count). The zero-order chi connectivity index (χ0) is 24.7. The van der Waals surface area contributed by atoms with E-state index in [0.29, 0.717) is 29.5 Å². The zero-order valence-electron chi connectivity index (χ0n) is 18.8. The summed E-state index contributed by atoms with van der Waals surface area (Å²) in [5.74, 6) is -0.609. The quantitative estimate of drug-likeness (QED) is 0.419. The number of aliphatic hydroxyl groups is 1. The van der Waals surface area contributed by atoms with Gasteiger partial charge in [-0.1, -0.05) is 13.8 Å². The molecule has 1 heterocycles. The van der Waals surface area contributed by atoms with Gasteiger partial charge < -0.3 is 24.8 Å². The minimum atomic E-state index is -4.78. The first kappa shape index (κ1) is 23.9. The van der Waals surface area contributed by atoms with Crippen LogP contribution in [0.15, 0.2) is 42.5 Å². The van der Waals surface area contributed by atoms with Crippen LogP contribution in [0.3, 0.4) is 0 Å². The lowest BCUT2D eigenvalue weighted by molar-refractivity contribution is -0.274. The summed E-state index contributed by atoms with van der Waals surface area (Å²) in [5.41, 5.74) is 1.56. The normalized spacial score (nSPS) is 23.1. The third kappa shape index (κ3) is 5.11. The first-order chi connectivity index (χ1) is 16.0. The molecule has 34 heavy (non-hydrogen) atoms. The highest BCUT2D eigenvalue weighted by molar-refractivity contribution is 5.93.